The molecule has 0 aliphatic heterocycles. The number of thiophene rings is 1. The quantitative estimate of drug-likeness (QED) is 0.810. The fraction of sp³-hybridized carbons (Fsp3) is 0.500. The Morgan fingerprint density at radius 3 is 2.65 bits per heavy atom. The standard InChI is InChI=1S/C12H16ClNO2S/c1-8(2)6-10(12(13)16)14-11(15)7-9-4-3-5-17-9/h3-5,8,10H,6-7H2,1-2H3,(H,14,15). The van der Waals surface area contributed by atoms with Gasteiger partial charge in [0.05, 0.1) is 6.42 Å². The molecule has 0 bridgehead atoms. The lowest BCUT2D eigenvalue weighted by Crippen LogP contribution is -2.40. The minimum atomic E-state index is -0.580. The van der Waals surface area contributed by atoms with Crippen LogP contribution in [0, 0.1) is 5.92 Å². The van der Waals surface area contributed by atoms with Gasteiger partial charge >= 0.3 is 0 Å². The van der Waals surface area contributed by atoms with Crippen molar-refractivity contribution in [3.8, 4) is 0 Å². The van der Waals surface area contributed by atoms with Gasteiger partial charge in [0.1, 0.15) is 6.04 Å². The van der Waals surface area contributed by atoms with E-state index in [0.717, 1.165) is 4.88 Å². The van der Waals surface area contributed by atoms with Crippen molar-refractivity contribution in [3.63, 3.8) is 0 Å². The highest BCUT2D eigenvalue weighted by Crippen LogP contribution is 2.11. The molecule has 1 aromatic rings. The fourth-order valence-electron chi connectivity index (χ4n) is 1.50. The molecular formula is C12H16ClNO2S. The van der Waals surface area contributed by atoms with Crippen molar-refractivity contribution in [1.82, 2.24) is 5.32 Å². The first-order chi connectivity index (χ1) is 7.99. The maximum atomic E-state index is 11.7. The highest BCUT2D eigenvalue weighted by molar-refractivity contribution is 7.10. The lowest BCUT2D eigenvalue weighted by atomic mass is 10.0. The zero-order chi connectivity index (χ0) is 12.8. The molecule has 5 heteroatoms. The Labute approximate surface area is 110 Å². The third kappa shape index (κ3) is 5.33. The van der Waals surface area contributed by atoms with Crippen molar-refractivity contribution >= 4 is 34.1 Å². The summed E-state index contributed by atoms with van der Waals surface area (Å²) in [5, 5.41) is 4.09. The summed E-state index contributed by atoms with van der Waals surface area (Å²) in [7, 11) is 0. The average Bonchev–Trinajstić information content (AvgIpc) is 2.68. The lowest BCUT2D eigenvalue weighted by Gasteiger charge is -2.16. The molecular weight excluding hydrogens is 258 g/mol. The van der Waals surface area contributed by atoms with Crippen LogP contribution >= 0.6 is 22.9 Å². The molecule has 0 spiro atoms. The molecule has 1 heterocycles. The fourth-order valence-corrected chi connectivity index (χ4v) is 2.34. The van der Waals surface area contributed by atoms with Gasteiger partial charge in [-0.05, 0) is 35.4 Å². The molecule has 0 fully saturated rings. The largest absolute Gasteiger partial charge is 0.345 e. The molecule has 1 amide bonds. The molecule has 0 saturated carbocycles. The van der Waals surface area contributed by atoms with Crippen LogP contribution in [-0.2, 0) is 16.0 Å². The topological polar surface area (TPSA) is 46.2 Å². The normalized spacial score (nSPS) is 12.5. The van der Waals surface area contributed by atoms with E-state index in [9.17, 15) is 9.59 Å². The second-order valence-corrected chi connectivity index (χ2v) is 5.71. The van der Waals surface area contributed by atoms with Crippen LogP contribution in [0.1, 0.15) is 25.1 Å². The first-order valence-corrected chi connectivity index (χ1v) is 6.76. The zero-order valence-electron chi connectivity index (χ0n) is 9.90. The number of rotatable bonds is 6. The van der Waals surface area contributed by atoms with Crippen LogP contribution in [0.5, 0.6) is 0 Å². The summed E-state index contributed by atoms with van der Waals surface area (Å²) in [6.45, 7) is 3.97. The van der Waals surface area contributed by atoms with E-state index < -0.39 is 11.3 Å². The van der Waals surface area contributed by atoms with E-state index in [0.29, 0.717) is 18.8 Å². The molecule has 3 nitrogen and oxygen atoms in total. The summed E-state index contributed by atoms with van der Waals surface area (Å²) < 4.78 is 0. The predicted molar refractivity (Wildman–Crippen MR) is 70.3 cm³/mol. The van der Waals surface area contributed by atoms with Crippen molar-refractivity contribution in [2.75, 3.05) is 0 Å². The third-order valence-electron chi connectivity index (χ3n) is 2.23. The molecule has 0 radical (unpaired) electrons. The molecule has 1 N–H and O–H groups in total. The Balaban J connectivity index is 2.49. The second-order valence-electron chi connectivity index (χ2n) is 4.31. The number of amides is 1. The Morgan fingerprint density at radius 2 is 2.18 bits per heavy atom. The van der Waals surface area contributed by atoms with Gasteiger partial charge in [-0.3, -0.25) is 9.59 Å². The molecule has 94 valence electrons. The Bertz CT molecular complexity index is 376. The molecule has 1 atom stereocenters. The predicted octanol–water partition coefficient (Wildman–Crippen LogP) is 2.59. The summed E-state index contributed by atoms with van der Waals surface area (Å²) >= 11 is 6.98. The summed E-state index contributed by atoms with van der Waals surface area (Å²) in [6, 6.07) is 3.21. The van der Waals surface area contributed by atoms with E-state index in [4.69, 9.17) is 11.6 Å². The van der Waals surface area contributed by atoms with Crippen LogP contribution in [0.2, 0.25) is 0 Å². The maximum Gasteiger partial charge on any atom is 0.244 e. The number of halogens is 1. The van der Waals surface area contributed by atoms with E-state index in [1.54, 1.807) is 0 Å². The van der Waals surface area contributed by atoms with Crippen LogP contribution < -0.4 is 5.32 Å². The van der Waals surface area contributed by atoms with Crippen molar-refractivity contribution < 1.29 is 9.59 Å². The van der Waals surface area contributed by atoms with E-state index in [1.807, 2.05) is 31.4 Å². The van der Waals surface area contributed by atoms with Crippen molar-refractivity contribution in [2.45, 2.75) is 32.7 Å². The minimum absolute atomic E-state index is 0.160. The number of carbonyl (C=O) groups is 2. The van der Waals surface area contributed by atoms with Crippen LogP contribution in [0.15, 0.2) is 17.5 Å². The van der Waals surface area contributed by atoms with Crippen LogP contribution in [-0.4, -0.2) is 17.2 Å². The molecule has 1 unspecified atom stereocenters. The third-order valence-corrected chi connectivity index (χ3v) is 3.37. The molecule has 17 heavy (non-hydrogen) atoms. The van der Waals surface area contributed by atoms with E-state index in [2.05, 4.69) is 5.32 Å². The molecule has 0 aliphatic carbocycles. The van der Waals surface area contributed by atoms with E-state index >= 15 is 0 Å². The zero-order valence-corrected chi connectivity index (χ0v) is 11.5. The highest BCUT2D eigenvalue weighted by atomic mass is 35.5. The summed E-state index contributed by atoms with van der Waals surface area (Å²) in [6.07, 6.45) is 0.870. The summed E-state index contributed by atoms with van der Waals surface area (Å²) in [4.78, 5) is 23.8. The van der Waals surface area contributed by atoms with Gasteiger partial charge in [-0.1, -0.05) is 19.9 Å². The monoisotopic (exact) mass is 273 g/mol. The Kier molecular flexibility index (Phi) is 5.65. The summed E-state index contributed by atoms with van der Waals surface area (Å²) in [5.41, 5.74) is 0. The molecule has 1 rings (SSSR count). The first-order valence-electron chi connectivity index (χ1n) is 5.50. The van der Waals surface area contributed by atoms with Gasteiger partial charge in [0, 0.05) is 4.88 Å². The van der Waals surface area contributed by atoms with Gasteiger partial charge in [0.25, 0.3) is 0 Å². The van der Waals surface area contributed by atoms with Gasteiger partial charge in [-0.25, -0.2) is 0 Å². The molecule has 0 aliphatic rings. The van der Waals surface area contributed by atoms with Gasteiger partial charge < -0.3 is 5.32 Å². The van der Waals surface area contributed by atoms with Crippen molar-refractivity contribution in [3.05, 3.63) is 22.4 Å². The van der Waals surface area contributed by atoms with Crippen LogP contribution in [0.3, 0.4) is 0 Å². The van der Waals surface area contributed by atoms with Crippen LogP contribution in [0.4, 0.5) is 0 Å². The Morgan fingerprint density at radius 1 is 1.47 bits per heavy atom. The first kappa shape index (κ1) is 14.2. The number of carbonyl (C=O) groups excluding carboxylic acids is 2. The highest BCUT2D eigenvalue weighted by Gasteiger charge is 2.20. The number of nitrogens with one attached hydrogen (secondary N) is 1. The minimum Gasteiger partial charge on any atom is -0.345 e. The molecule has 0 aromatic carbocycles. The van der Waals surface area contributed by atoms with Gasteiger partial charge in [0.15, 0.2) is 0 Å². The maximum absolute atomic E-state index is 11.7. The van der Waals surface area contributed by atoms with Gasteiger partial charge in [-0.15, -0.1) is 11.3 Å². The van der Waals surface area contributed by atoms with E-state index in [-0.39, 0.29) is 5.91 Å². The second kappa shape index (κ2) is 6.77. The summed E-state index contributed by atoms with van der Waals surface area (Å²) in [5.74, 6) is 0.150. The average molecular weight is 274 g/mol. The van der Waals surface area contributed by atoms with Crippen LogP contribution in [0.25, 0.3) is 0 Å². The van der Waals surface area contributed by atoms with E-state index in [1.165, 1.54) is 11.3 Å². The Hall–Kier alpha value is -0.870. The molecule has 1 aromatic heterocycles. The molecule has 0 saturated heterocycles. The lowest BCUT2D eigenvalue weighted by molar-refractivity contribution is -0.124. The SMILES string of the molecule is CC(C)CC(NC(=O)Cc1cccs1)C(=O)Cl. The van der Waals surface area contributed by atoms with Gasteiger partial charge in [0.2, 0.25) is 11.1 Å². The number of hydrogen-bond donors (Lipinski definition) is 1. The number of hydrogen-bond acceptors (Lipinski definition) is 3. The van der Waals surface area contributed by atoms with Crippen molar-refractivity contribution in [1.29, 1.82) is 0 Å². The van der Waals surface area contributed by atoms with Gasteiger partial charge in [-0.2, -0.15) is 0 Å². The smallest absolute Gasteiger partial charge is 0.244 e. The van der Waals surface area contributed by atoms with Crippen molar-refractivity contribution in [2.24, 2.45) is 5.92 Å².